The van der Waals surface area contributed by atoms with Crippen LogP contribution in [0.15, 0.2) is 35.7 Å². The van der Waals surface area contributed by atoms with Crippen LogP contribution in [-0.4, -0.2) is 34.7 Å². The molecule has 0 aliphatic heterocycles. The van der Waals surface area contributed by atoms with Crippen molar-refractivity contribution >= 4 is 28.1 Å². The van der Waals surface area contributed by atoms with E-state index in [9.17, 15) is 4.79 Å². The van der Waals surface area contributed by atoms with Crippen LogP contribution in [0.25, 0.3) is 21.6 Å². The van der Waals surface area contributed by atoms with Crippen molar-refractivity contribution in [2.45, 2.75) is 39.8 Å². The van der Waals surface area contributed by atoms with Gasteiger partial charge in [0.1, 0.15) is 10.7 Å². The summed E-state index contributed by atoms with van der Waals surface area (Å²) in [5, 5.41) is 6.80. The standard InChI is InChI=1S/C20H25N3O2S/c1-4-23-17-9-6-5-8-15(17)12-18(23)20-22-16(13-26-20)19(24)21-10-7-11-25-14(2)3/h5-6,8-9,12-14H,4,7,10-11H2,1-3H3,(H,21,24). The van der Waals surface area contributed by atoms with Crippen LogP contribution in [-0.2, 0) is 11.3 Å². The fourth-order valence-electron chi connectivity index (χ4n) is 2.91. The molecule has 1 aromatic carbocycles. The van der Waals surface area contributed by atoms with E-state index in [1.807, 2.05) is 31.4 Å². The first-order valence-electron chi connectivity index (χ1n) is 9.04. The highest BCUT2D eigenvalue weighted by Crippen LogP contribution is 2.30. The van der Waals surface area contributed by atoms with Crippen LogP contribution in [0.3, 0.4) is 0 Å². The molecule has 2 heterocycles. The number of hydrogen-bond donors (Lipinski definition) is 1. The number of fused-ring (bicyclic) bond motifs is 1. The van der Waals surface area contributed by atoms with Crippen LogP contribution < -0.4 is 5.32 Å². The molecule has 0 saturated carbocycles. The number of rotatable bonds is 8. The number of para-hydroxylation sites is 1. The average Bonchev–Trinajstić information content (AvgIpc) is 3.25. The molecule has 3 aromatic rings. The Bertz CT molecular complexity index is 882. The van der Waals surface area contributed by atoms with Gasteiger partial charge in [-0.15, -0.1) is 11.3 Å². The van der Waals surface area contributed by atoms with Crippen molar-refractivity contribution in [2.75, 3.05) is 13.2 Å². The first-order chi connectivity index (χ1) is 12.6. The number of carbonyl (C=O) groups is 1. The van der Waals surface area contributed by atoms with E-state index in [-0.39, 0.29) is 12.0 Å². The van der Waals surface area contributed by atoms with E-state index in [2.05, 4.69) is 40.0 Å². The third-order valence-electron chi connectivity index (χ3n) is 4.14. The van der Waals surface area contributed by atoms with E-state index in [0.717, 1.165) is 23.7 Å². The summed E-state index contributed by atoms with van der Waals surface area (Å²) in [5.41, 5.74) is 2.72. The highest BCUT2D eigenvalue weighted by atomic mass is 32.1. The SMILES string of the molecule is CCn1c(-c2nc(C(=O)NCCCOC(C)C)cs2)cc2ccccc21. The van der Waals surface area contributed by atoms with Crippen molar-refractivity contribution in [1.29, 1.82) is 0 Å². The van der Waals surface area contributed by atoms with Gasteiger partial charge in [-0.2, -0.15) is 0 Å². The van der Waals surface area contributed by atoms with Gasteiger partial charge in [-0.1, -0.05) is 18.2 Å². The molecule has 0 saturated heterocycles. The van der Waals surface area contributed by atoms with E-state index in [4.69, 9.17) is 4.74 Å². The summed E-state index contributed by atoms with van der Waals surface area (Å²) in [7, 11) is 0. The summed E-state index contributed by atoms with van der Waals surface area (Å²) >= 11 is 1.51. The summed E-state index contributed by atoms with van der Waals surface area (Å²) in [4.78, 5) is 16.9. The Kier molecular flexibility index (Phi) is 6.06. The van der Waals surface area contributed by atoms with Gasteiger partial charge in [0.2, 0.25) is 0 Å². The molecule has 0 spiro atoms. The van der Waals surface area contributed by atoms with E-state index >= 15 is 0 Å². The number of nitrogens with zero attached hydrogens (tertiary/aromatic N) is 2. The van der Waals surface area contributed by atoms with Gasteiger partial charge in [-0.3, -0.25) is 4.79 Å². The predicted octanol–water partition coefficient (Wildman–Crippen LogP) is 4.33. The Labute approximate surface area is 158 Å². The van der Waals surface area contributed by atoms with E-state index < -0.39 is 0 Å². The number of amides is 1. The topological polar surface area (TPSA) is 56.2 Å². The number of thiazole rings is 1. The van der Waals surface area contributed by atoms with E-state index in [0.29, 0.717) is 18.8 Å². The van der Waals surface area contributed by atoms with Crippen molar-refractivity contribution in [3.05, 3.63) is 41.4 Å². The van der Waals surface area contributed by atoms with Crippen molar-refractivity contribution in [3.63, 3.8) is 0 Å². The van der Waals surface area contributed by atoms with Gasteiger partial charge in [0.25, 0.3) is 5.91 Å². The lowest BCUT2D eigenvalue weighted by atomic mass is 10.2. The number of carbonyl (C=O) groups excluding carboxylic acids is 1. The Morgan fingerprint density at radius 3 is 2.92 bits per heavy atom. The number of aryl methyl sites for hydroxylation is 1. The lowest BCUT2D eigenvalue weighted by Crippen LogP contribution is -2.25. The zero-order valence-electron chi connectivity index (χ0n) is 15.5. The fourth-order valence-corrected chi connectivity index (χ4v) is 3.73. The Morgan fingerprint density at radius 1 is 1.35 bits per heavy atom. The fraction of sp³-hybridized carbons (Fsp3) is 0.400. The molecule has 5 nitrogen and oxygen atoms in total. The summed E-state index contributed by atoms with van der Waals surface area (Å²) in [6.07, 6.45) is 1.02. The number of nitrogens with one attached hydrogen (secondary N) is 1. The smallest absolute Gasteiger partial charge is 0.270 e. The van der Waals surface area contributed by atoms with Crippen LogP contribution >= 0.6 is 11.3 Å². The normalized spacial score (nSPS) is 11.4. The molecule has 0 bridgehead atoms. The lowest BCUT2D eigenvalue weighted by Gasteiger charge is -2.07. The molecule has 26 heavy (non-hydrogen) atoms. The lowest BCUT2D eigenvalue weighted by molar-refractivity contribution is 0.0756. The molecule has 2 aromatic heterocycles. The van der Waals surface area contributed by atoms with Crippen LogP contribution in [0.4, 0.5) is 0 Å². The Morgan fingerprint density at radius 2 is 2.15 bits per heavy atom. The molecular weight excluding hydrogens is 346 g/mol. The molecule has 0 atom stereocenters. The van der Waals surface area contributed by atoms with Crippen LogP contribution in [0.5, 0.6) is 0 Å². The molecule has 0 fully saturated rings. The monoisotopic (exact) mass is 371 g/mol. The maximum Gasteiger partial charge on any atom is 0.270 e. The van der Waals surface area contributed by atoms with Gasteiger partial charge < -0.3 is 14.6 Å². The van der Waals surface area contributed by atoms with Crippen molar-refractivity contribution in [2.24, 2.45) is 0 Å². The van der Waals surface area contributed by atoms with Crippen molar-refractivity contribution in [3.8, 4) is 10.7 Å². The maximum atomic E-state index is 12.3. The number of aromatic nitrogens is 2. The summed E-state index contributed by atoms with van der Waals surface area (Å²) in [6, 6.07) is 10.4. The number of ether oxygens (including phenoxy) is 1. The Balaban J connectivity index is 1.69. The second kappa shape index (κ2) is 8.47. The third-order valence-corrected chi connectivity index (χ3v) is 5.01. The molecule has 138 valence electrons. The second-order valence-corrected chi connectivity index (χ2v) is 7.26. The molecule has 1 amide bonds. The minimum atomic E-state index is -0.129. The predicted molar refractivity (Wildman–Crippen MR) is 107 cm³/mol. The highest BCUT2D eigenvalue weighted by molar-refractivity contribution is 7.13. The second-order valence-electron chi connectivity index (χ2n) is 6.40. The maximum absolute atomic E-state index is 12.3. The zero-order chi connectivity index (χ0) is 18.5. The third kappa shape index (κ3) is 4.14. The van der Waals surface area contributed by atoms with E-state index in [1.165, 1.54) is 22.2 Å². The average molecular weight is 372 g/mol. The molecule has 6 heteroatoms. The molecule has 0 aliphatic rings. The molecule has 0 unspecified atom stereocenters. The molecular formula is C20H25N3O2S. The number of hydrogen-bond acceptors (Lipinski definition) is 4. The van der Waals surface area contributed by atoms with Gasteiger partial charge in [-0.25, -0.2) is 4.98 Å². The Hall–Kier alpha value is -2.18. The van der Waals surface area contributed by atoms with Crippen LogP contribution in [0.1, 0.15) is 37.7 Å². The van der Waals surface area contributed by atoms with Crippen LogP contribution in [0, 0.1) is 0 Å². The zero-order valence-corrected chi connectivity index (χ0v) is 16.3. The molecule has 0 radical (unpaired) electrons. The first kappa shape index (κ1) is 18.6. The largest absolute Gasteiger partial charge is 0.379 e. The molecule has 3 rings (SSSR count). The molecule has 0 aliphatic carbocycles. The van der Waals surface area contributed by atoms with Gasteiger partial charge in [-0.05, 0) is 39.3 Å². The molecule has 1 N–H and O–H groups in total. The first-order valence-corrected chi connectivity index (χ1v) is 9.92. The number of benzene rings is 1. The van der Waals surface area contributed by atoms with E-state index in [1.54, 1.807) is 0 Å². The minimum Gasteiger partial charge on any atom is -0.379 e. The summed E-state index contributed by atoms with van der Waals surface area (Å²) < 4.78 is 7.71. The van der Waals surface area contributed by atoms with Gasteiger partial charge in [0, 0.05) is 36.0 Å². The van der Waals surface area contributed by atoms with Crippen molar-refractivity contribution < 1.29 is 9.53 Å². The highest BCUT2D eigenvalue weighted by Gasteiger charge is 2.15. The summed E-state index contributed by atoms with van der Waals surface area (Å²) in [5.74, 6) is -0.129. The van der Waals surface area contributed by atoms with Crippen molar-refractivity contribution in [1.82, 2.24) is 14.9 Å². The van der Waals surface area contributed by atoms with Gasteiger partial charge in [0.05, 0.1) is 11.8 Å². The van der Waals surface area contributed by atoms with Gasteiger partial charge in [0.15, 0.2) is 0 Å². The quantitative estimate of drug-likeness (QED) is 0.600. The van der Waals surface area contributed by atoms with Gasteiger partial charge >= 0.3 is 0 Å². The minimum absolute atomic E-state index is 0.129. The van der Waals surface area contributed by atoms with Crippen LogP contribution in [0.2, 0.25) is 0 Å². The summed E-state index contributed by atoms with van der Waals surface area (Å²) in [6.45, 7) is 8.23.